The fourth-order valence-corrected chi connectivity index (χ4v) is 0.938. The molecule has 0 fully saturated rings. The Kier molecular flexibility index (Phi) is 14.4. The number of hydrogen-bond acceptors (Lipinski definition) is 2. The van der Waals surface area contributed by atoms with Gasteiger partial charge in [-0.3, -0.25) is 0 Å². The Morgan fingerprint density at radius 3 is 2.17 bits per heavy atom. The Hall–Kier alpha value is 0.517. The average molecular weight is 165 g/mol. The molecule has 0 aromatic rings. The first-order valence-electron chi connectivity index (χ1n) is 4.44. The Labute approximate surface area is 88.8 Å². The van der Waals surface area contributed by atoms with E-state index >= 15 is 0 Å². The van der Waals surface area contributed by atoms with E-state index in [1.807, 2.05) is 0 Å². The summed E-state index contributed by atoms with van der Waals surface area (Å²) in [7, 11) is 0. The van der Waals surface area contributed by atoms with Gasteiger partial charge in [0.05, 0.1) is 6.61 Å². The van der Waals surface area contributed by atoms with Gasteiger partial charge in [-0.25, -0.2) is 0 Å². The molecule has 68 valence electrons. The quantitative estimate of drug-likeness (QED) is 0.261. The standard InChI is InChI=1S/C9H20NO.Li/c1-4-8-11-9-7-10(5-2)6-3;/h1,4-9H2,2-3H3;/q-1;+1. The van der Waals surface area contributed by atoms with Gasteiger partial charge >= 0.3 is 18.9 Å². The largest absolute Gasteiger partial charge is 1.00 e. The van der Waals surface area contributed by atoms with Gasteiger partial charge in [-0.1, -0.05) is 13.8 Å². The van der Waals surface area contributed by atoms with Gasteiger partial charge in [0.25, 0.3) is 0 Å². The van der Waals surface area contributed by atoms with Crippen LogP contribution in [0.1, 0.15) is 20.3 Å². The van der Waals surface area contributed by atoms with E-state index in [-0.39, 0.29) is 18.9 Å². The number of rotatable bonds is 7. The van der Waals surface area contributed by atoms with E-state index in [1.54, 1.807) is 0 Å². The monoisotopic (exact) mass is 165 g/mol. The molecule has 0 aliphatic heterocycles. The first-order chi connectivity index (χ1) is 5.35. The zero-order valence-electron chi connectivity index (χ0n) is 8.81. The minimum atomic E-state index is 0. The molecule has 0 aliphatic rings. The van der Waals surface area contributed by atoms with Crippen LogP contribution in [0.25, 0.3) is 0 Å². The number of ether oxygens (including phenoxy) is 1. The molecule has 0 aromatic carbocycles. The molecule has 3 heteroatoms. The molecule has 0 aliphatic carbocycles. The molecule has 0 radical (unpaired) electrons. The maximum absolute atomic E-state index is 5.31. The van der Waals surface area contributed by atoms with Crippen LogP contribution in [0.15, 0.2) is 0 Å². The Bertz CT molecular complexity index is 76.9. The van der Waals surface area contributed by atoms with Crippen molar-refractivity contribution < 1.29 is 23.6 Å². The molecule has 0 amide bonds. The molecule has 0 saturated heterocycles. The molecule has 2 nitrogen and oxygen atoms in total. The van der Waals surface area contributed by atoms with E-state index in [4.69, 9.17) is 4.74 Å². The number of nitrogens with zero attached hydrogens (tertiary/aromatic N) is 1. The SMILES string of the molecule is [CH2-]CCOCCN(CC)CC.[Li+]. The van der Waals surface area contributed by atoms with E-state index in [9.17, 15) is 0 Å². The first-order valence-corrected chi connectivity index (χ1v) is 4.44. The third-order valence-corrected chi connectivity index (χ3v) is 1.73. The van der Waals surface area contributed by atoms with Crippen LogP contribution in [0.4, 0.5) is 0 Å². The van der Waals surface area contributed by atoms with Crippen LogP contribution >= 0.6 is 0 Å². The average Bonchev–Trinajstić information content (AvgIpc) is 2.05. The normalized spacial score (nSPS) is 10.0. The fraction of sp³-hybridized carbons (Fsp3) is 0.889. The second-order valence-electron chi connectivity index (χ2n) is 2.49. The van der Waals surface area contributed by atoms with Crippen LogP contribution in [0.2, 0.25) is 0 Å². The minimum Gasteiger partial charge on any atom is -0.383 e. The summed E-state index contributed by atoms with van der Waals surface area (Å²) in [4.78, 5) is 2.35. The van der Waals surface area contributed by atoms with Crippen molar-refractivity contribution >= 4 is 0 Å². The summed E-state index contributed by atoms with van der Waals surface area (Å²) in [5.41, 5.74) is 0. The minimum absolute atomic E-state index is 0. The number of likely N-dealkylation sites (N-methyl/N-ethyl adjacent to an activating group) is 1. The molecule has 12 heavy (non-hydrogen) atoms. The van der Waals surface area contributed by atoms with Gasteiger partial charge in [0.2, 0.25) is 0 Å². The second-order valence-corrected chi connectivity index (χ2v) is 2.49. The maximum Gasteiger partial charge on any atom is 1.00 e. The van der Waals surface area contributed by atoms with E-state index in [1.165, 1.54) is 0 Å². The van der Waals surface area contributed by atoms with Crippen molar-refractivity contribution in [2.45, 2.75) is 20.3 Å². The van der Waals surface area contributed by atoms with Crippen LogP contribution in [0, 0.1) is 6.92 Å². The molecule has 0 saturated carbocycles. The summed E-state index contributed by atoms with van der Waals surface area (Å²) in [6, 6.07) is 0. The molecule has 0 heterocycles. The van der Waals surface area contributed by atoms with Gasteiger partial charge in [0, 0.05) is 13.2 Å². The van der Waals surface area contributed by atoms with Gasteiger partial charge in [-0.15, -0.1) is 0 Å². The van der Waals surface area contributed by atoms with E-state index in [0.29, 0.717) is 0 Å². The molecule has 0 atom stereocenters. The molecule has 0 unspecified atom stereocenters. The zero-order chi connectivity index (χ0) is 8.53. The van der Waals surface area contributed by atoms with E-state index < -0.39 is 0 Å². The third kappa shape index (κ3) is 8.61. The number of hydrogen-bond donors (Lipinski definition) is 0. The first kappa shape index (κ1) is 15.0. The van der Waals surface area contributed by atoms with Crippen LogP contribution in [0.5, 0.6) is 0 Å². The van der Waals surface area contributed by atoms with Crippen molar-refractivity contribution in [1.29, 1.82) is 0 Å². The van der Waals surface area contributed by atoms with Gasteiger partial charge in [-0.05, 0) is 13.1 Å². The van der Waals surface area contributed by atoms with Crippen LogP contribution < -0.4 is 18.9 Å². The van der Waals surface area contributed by atoms with Gasteiger partial charge in [-0.2, -0.15) is 6.42 Å². The van der Waals surface area contributed by atoms with Crippen LogP contribution in [0.3, 0.4) is 0 Å². The van der Waals surface area contributed by atoms with Crippen molar-refractivity contribution in [3.63, 3.8) is 0 Å². The summed E-state index contributed by atoms with van der Waals surface area (Å²) >= 11 is 0. The van der Waals surface area contributed by atoms with E-state index in [2.05, 4.69) is 25.7 Å². The Balaban J connectivity index is 0. The molecule has 0 N–H and O–H groups in total. The summed E-state index contributed by atoms with van der Waals surface area (Å²) < 4.78 is 5.31. The van der Waals surface area contributed by atoms with Crippen LogP contribution in [-0.2, 0) is 4.74 Å². The second kappa shape index (κ2) is 11.5. The van der Waals surface area contributed by atoms with Crippen LogP contribution in [-0.4, -0.2) is 37.7 Å². The molecule has 0 bridgehead atoms. The third-order valence-electron chi connectivity index (χ3n) is 1.73. The zero-order valence-corrected chi connectivity index (χ0v) is 8.81. The van der Waals surface area contributed by atoms with Crippen molar-refractivity contribution in [2.75, 3.05) is 32.8 Å². The Morgan fingerprint density at radius 2 is 1.75 bits per heavy atom. The van der Waals surface area contributed by atoms with Crippen molar-refractivity contribution in [3.05, 3.63) is 6.92 Å². The summed E-state index contributed by atoms with van der Waals surface area (Å²) in [6.07, 6.45) is 0.873. The maximum atomic E-state index is 5.31. The van der Waals surface area contributed by atoms with Gasteiger partial charge in [0.15, 0.2) is 0 Å². The summed E-state index contributed by atoms with van der Waals surface area (Å²) in [5.74, 6) is 0. The summed E-state index contributed by atoms with van der Waals surface area (Å²) in [6.45, 7) is 13.0. The van der Waals surface area contributed by atoms with Gasteiger partial charge < -0.3 is 16.6 Å². The molecule has 0 rings (SSSR count). The topological polar surface area (TPSA) is 12.5 Å². The molecular formula is C9H20LiNO. The van der Waals surface area contributed by atoms with Gasteiger partial charge in [0.1, 0.15) is 0 Å². The summed E-state index contributed by atoms with van der Waals surface area (Å²) in [5, 5.41) is 0. The van der Waals surface area contributed by atoms with Crippen molar-refractivity contribution in [2.24, 2.45) is 0 Å². The predicted molar refractivity (Wildman–Crippen MR) is 48.6 cm³/mol. The molecule has 0 aromatic heterocycles. The van der Waals surface area contributed by atoms with Crippen molar-refractivity contribution in [1.82, 2.24) is 4.90 Å². The predicted octanol–water partition coefficient (Wildman–Crippen LogP) is -1.43. The fourth-order valence-electron chi connectivity index (χ4n) is 0.938. The smallest absolute Gasteiger partial charge is 0.383 e. The molecular weight excluding hydrogens is 145 g/mol. The van der Waals surface area contributed by atoms with E-state index in [0.717, 1.165) is 39.3 Å². The van der Waals surface area contributed by atoms with Crippen molar-refractivity contribution in [3.8, 4) is 0 Å². The Morgan fingerprint density at radius 1 is 1.17 bits per heavy atom. The molecule has 0 spiro atoms.